The van der Waals surface area contributed by atoms with E-state index in [1.54, 1.807) is 0 Å². The Balaban J connectivity index is 3.13. The highest BCUT2D eigenvalue weighted by Gasteiger charge is 2.31. The van der Waals surface area contributed by atoms with Gasteiger partial charge in [-0.05, 0) is 24.6 Å². The van der Waals surface area contributed by atoms with E-state index in [1.807, 2.05) is 6.92 Å². The molecule has 0 spiro atoms. The molecule has 0 aliphatic carbocycles. The molecular weight excluding hydrogens is 233 g/mol. The topological polar surface area (TPSA) is 55.1 Å². The minimum Gasteiger partial charge on any atom is -0.384 e. The molecule has 0 aromatic heterocycles. The molecule has 1 rings (SSSR count). The maximum absolute atomic E-state index is 12.4. The monoisotopic (exact) mass is 246 g/mol. The number of nitrogens with two attached hydrogens (primary N) is 1. The highest BCUT2D eigenvalue weighted by molar-refractivity contribution is 5.98. The van der Waals surface area contributed by atoms with E-state index in [9.17, 15) is 18.0 Å². The van der Waals surface area contributed by atoms with E-state index in [0.717, 1.165) is 18.6 Å². The maximum Gasteiger partial charge on any atom is 0.416 e. The smallest absolute Gasteiger partial charge is 0.384 e. The Bertz CT molecular complexity index is 416. The van der Waals surface area contributed by atoms with Gasteiger partial charge in [0.1, 0.15) is 0 Å². The Labute approximate surface area is 96.8 Å². The van der Waals surface area contributed by atoms with Crippen LogP contribution in [0, 0.1) is 0 Å². The fourth-order valence-electron chi connectivity index (χ4n) is 1.34. The number of primary amides is 1. The van der Waals surface area contributed by atoms with E-state index in [4.69, 9.17) is 5.73 Å². The number of halogens is 3. The second-order valence-electron chi connectivity index (χ2n) is 3.55. The lowest BCUT2D eigenvalue weighted by Crippen LogP contribution is -2.17. The van der Waals surface area contributed by atoms with Crippen LogP contribution in [0.2, 0.25) is 0 Å². The van der Waals surface area contributed by atoms with Crippen molar-refractivity contribution in [3.05, 3.63) is 29.3 Å². The second-order valence-corrected chi connectivity index (χ2v) is 3.55. The van der Waals surface area contributed by atoms with Crippen molar-refractivity contribution in [1.29, 1.82) is 0 Å². The minimum absolute atomic E-state index is 0.145. The van der Waals surface area contributed by atoms with Gasteiger partial charge in [-0.1, -0.05) is 6.92 Å². The third-order valence-corrected chi connectivity index (χ3v) is 2.18. The van der Waals surface area contributed by atoms with Crippen LogP contribution < -0.4 is 11.1 Å². The van der Waals surface area contributed by atoms with E-state index >= 15 is 0 Å². The number of amides is 1. The first-order valence-corrected chi connectivity index (χ1v) is 5.11. The van der Waals surface area contributed by atoms with Crippen molar-refractivity contribution >= 4 is 11.6 Å². The molecule has 1 aromatic carbocycles. The summed E-state index contributed by atoms with van der Waals surface area (Å²) in [6.07, 6.45) is -3.69. The number of rotatable bonds is 4. The molecule has 94 valence electrons. The largest absolute Gasteiger partial charge is 0.416 e. The summed E-state index contributed by atoms with van der Waals surface area (Å²) in [4.78, 5) is 11.1. The fourth-order valence-corrected chi connectivity index (χ4v) is 1.34. The Kier molecular flexibility index (Phi) is 3.98. The maximum atomic E-state index is 12.4. The van der Waals surface area contributed by atoms with Gasteiger partial charge in [0.15, 0.2) is 0 Å². The van der Waals surface area contributed by atoms with Crippen molar-refractivity contribution < 1.29 is 18.0 Å². The van der Waals surface area contributed by atoms with Crippen molar-refractivity contribution in [2.75, 3.05) is 11.9 Å². The Morgan fingerprint density at radius 1 is 1.41 bits per heavy atom. The molecule has 0 fully saturated rings. The van der Waals surface area contributed by atoms with Crippen LogP contribution in [0.3, 0.4) is 0 Å². The molecule has 1 amide bonds. The minimum atomic E-state index is -4.48. The van der Waals surface area contributed by atoms with E-state index in [1.165, 1.54) is 6.07 Å². The van der Waals surface area contributed by atoms with Gasteiger partial charge in [0.2, 0.25) is 0 Å². The lowest BCUT2D eigenvalue weighted by atomic mass is 10.1. The zero-order chi connectivity index (χ0) is 13.1. The zero-order valence-electron chi connectivity index (χ0n) is 9.27. The number of hydrogen-bond donors (Lipinski definition) is 2. The first kappa shape index (κ1) is 13.3. The van der Waals surface area contributed by atoms with Gasteiger partial charge in [0.25, 0.3) is 5.91 Å². The molecule has 1 aromatic rings. The molecule has 0 unspecified atom stereocenters. The quantitative estimate of drug-likeness (QED) is 0.858. The number of benzene rings is 1. The van der Waals surface area contributed by atoms with E-state index in [2.05, 4.69) is 5.32 Å². The summed E-state index contributed by atoms with van der Waals surface area (Å²) in [6, 6.07) is 2.91. The summed E-state index contributed by atoms with van der Waals surface area (Å²) in [6.45, 7) is 2.46. The molecule has 0 heterocycles. The van der Waals surface area contributed by atoms with Crippen LogP contribution in [0.15, 0.2) is 18.2 Å². The second kappa shape index (κ2) is 5.07. The Hall–Kier alpha value is -1.72. The summed E-state index contributed by atoms with van der Waals surface area (Å²) < 4.78 is 37.3. The first-order valence-electron chi connectivity index (χ1n) is 5.11. The molecule has 17 heavy (non-hydrogen) atoms. The van der Waals surface area contributed by atoms with Gasteiger partial charge in [0, 0.05) is 12.2 Å². The van der Waals surface area contributed by atoms with Crippen LogP contribution in [-0.4, -0.2) is 12.5 Å². The number of hydrogen-bond acceptors (Lipinski definition) is 2. The van der Waals surface area contributed by atoms with Gasteiger partial charge in [0.05, 0.1) is 11.1 Å². The van der Waals surface area contributed by atoms with Crippen molar-refractivity contribution in [2.24, 2.45) is 5.73 Å². The normalized spacial score (nSPS) is 11.3. The third-order valence-electron chi connectivity index (χ3n) is 2.18. The van der Waals surface area contributed by atoms with Crippen LogP contribution in [-0.2, 0) is 6.18 Å². The number of alkyl halides is 3. The number of nitrogens with one attached hydrogen (secondary N) is 1. The molecule has 0 aliphatic rings. The van der Waals surface area contributed by atoms with Gasteiger partial charge in [-0.2, -0.15) is 13.2 Å². The van der Waals surface area contributed by atoms with Gasteiger partial charge >= 0.3 is 6.18 Å². The molecule has 3 nitrogen and oxygen atoms in total. The summed E-state index contributed by atoms with van der Waals surface area (Å²) in [7, 11) is 0. The summed E-state index contributed by atoms with van der Waals surface area (Å²) in [5.74, 6) is -0.880. The molecule has 0 aliphatic heterocycles. The van der Waals surface area contributed by atoms with Crippen molar-refractivity contribution in [3.8, 4) is 0 Å². The van der Waals surface area contributed by atoms with Crippen LogP contribution in [0.4, 0.5) is 18.9 Å². The highest BCUT2D eigenvalue weighted by Crippen LogP contribution is 2.31. The van der Waals surface area contributed by atoms with Crippen LogP contribution in [0.1, 0.15) is 29.3 Å². The molecule has 0 bridgehead atoms. The van der Waals surface area contributed by atoms with E-state index in [-0.39, 0.29) is 5.56 Å². The molecule has 0 saturated heterocycles. The molecule has 6 heteroatoms. The average molecular weight is 246 g/mol. The number of anilines is 1. The lowest BCUT2D eigenvalue weighted by molar-refractivity contribution is -0.137. The molecular formula is C11H13F3N2O. The number of carbonyl (C=O) groups is 1. The fraction of sp³-hybridized carbons (Fsp3) is 0.364. The molecule has 0 radical (unpaired) electrons. The van der Waals surface area contributed by atoms with Gasteiger partial charge < -0.3 is 11.1 Å². The lowest BCUT2D eigenvalue weighted by Gasteiger charge is -2.12. The van der Waals surface area contributed by atoms with E-state index in [0.29, 0.717) is 12.2 Å². The number of carbonyl (C=O) groups excluding carboxylic acids is 1. The van der Waals surface area contributed by atoms with Gasteiger partial charge in [-0.15, -0.1) is 0 Å². The summed E-state index contributed by atoms with van der Waals surface area (Å²) in [5, 5.41) is 2.85. The summed E-state index contributed by atoms with van der Waals surface area (Å²) >= 11 is 0. The predicted octanol–water partition coefficient (Wildman–Crippen LogP) is 2.63. The van der Waals surface area contributed by atoms with Crippen molar-refractivity contribution in [3.63, 3.8) is 0 Å². The van der Waals surface area contributed by atoms with Crippen LogP contribution >= 0.6 is 0 Å². The Morgan fingerprint density at radius 2 is 2.06 bits per heavy atom. The standard InChI is InChI=1S/C11H13F3N2O/c1-2-5-16-9-4-3-7(11(12,13)14)6-8(9)10(15)17/h3-4,6,16H,2,5H2,1H3,(H2,15,17). The van der Waals surface area contributed by atoms with Crippen LogP contribution in [0.5, 0.6) is 0 Å². The molecule has 0 saturated carbocycles. The van der Waals surface area contributed by atoms with Crippen molar-refractivity contribution in [1.82, 2.24) is 0 Å². The third kappa shape index (κ3) is 3.37. The average Bonchev–Trinajstić information content (AvgIpc) is 2.24. The summed E-state index contributed by atoms with van der Waals surface area (Å²) in [5.41, 5.74) is 4.35. The molecule has 3 N–H and O–H groups in total. The zero-order valence-corrected chi connectivity index (χ0v) is 9.27. The SMILES string of the molecule is CCCNc1ccc(C(F)(F)F)cc1C(N)=O. The predicted molar refractivity (Wildman–Crippen MR) is 58.7 cm³/mol. The Morgan fingerprint density at radius 3 is 2.53 bits per heavy atom. The van der Waals surface area contributed by atoms with Gasteiger partial charge in [-0.3, -0.25) is 4.79 Å². The highest BCUT2D eigenvalue weighted by atomic mass is 19.4. The molecule has 0 atom stereocenters. The van der Waals surface area contributed by atoms with Gasteiger partial charge in [-0.25, -0.2) is 0 Å². The van der Waals surface area contributed by atoms with Crippen molar-refractivity contribution in [2.45, 2.75) is 19.5 Å². The first-order chi connectivity index (χ1) is 7.86. The van der Waals surface area contributed by atoms with E-state index < -0.39 is 17.6 Å². The van der Waals surface area contributed by atoms with Crippen LogP contribution in [0.25, 0.3) is 0 Å².